The summed E-state index contributed by atoms with van der Waals surface area (Å²) >= 11 is 0. The second kappa shape index (κ2) is 5.89. The predicted octanol–water partition coefficient (Wildman–Crippen LogP) is 2.69. The Kier molecular flexibility index (Phi) is 5.59. The number of rotatable bonds is 6. The first-order valence-electron chi connectivity index (χ1n) is 5.02. The van der Waals surface area contributed by atoms with Crippen LogP contribution < -0.4 is 0 Å². The average Bonchev–Trinajstić information content (AvgIpc) is 2.18. The van der Waals surface area contributed by atoms with Crippen LogP contribution in [0.4, 0.5) is 0 Å². The highest BCUT2D eigenvalue weighted by molar-refractivity contribution is 6.39. The van der Waals surface area contributed by atoms with Crippen molar-refractivity contribution in [3.8, 4) is 0 Å². The van der Waals surface area contributed by atoms with Crippen LogP contribution in [0.2, 0.25) is 12.1 Å². The van der Waals surface area contributed by atoms with Gasteiger partial charge in [-0.1, -0.05) is 45.4 Å². The summed E-state index contributed by atoms with van der Waals surface area (Å²) in [5, 5.41) is 0. The van der Waals surface area contributed by atoms with E-state index in [9.17, 15) is 4.79 Å². The molecule has 3 heteroatoms. The van der Waals surface area contributed by atoms with Crippen molar-refractivity contribution in [2.45, 2.75) is 39.3 Å². The Morgan fingerprint density at radius 3 is 2.57 bits per heavy atom. The van der Waals surface area contributed by atoms with E-state index < -0.39 is 5.41 Å². The normalized spacial score (nSPS) is 13.1. The molecule has 0 fully saturated rings. The van der Waals surface area contributed by atoms with E-state index in [0.29, 0.717) is 5.82 Å². The van der Waals surface area contributed by atoms with Crippen LogP contribution >= 0.6 is 0 Å². The highest BCUT2D eigenvalue weighted by Crippen LogP contribution is 2.25. The van der Waals surface area contributed by atoms with E-state index in [0.717, 1.165) is 12.7 Å². The molecule has 0 aliphatic rings. The summed E-state index contributed by atoms with van der Waals surface area (Å²) in [6, 6.07) is 0. The molecule has 79 valence electrons. The van der Waals surface area contributed by atoms with E-state index >= 15 is 0 Å². The number of methoxy groups -OCH3 is 1. The fourth-order valence-electron chi connectivity index (χ4n) is 1.24. The zero-order valence-corrected chi connectivity index (χ0v) is 9.67. The molecule has 2 nitrogen and oxygen atoms in total. The lowest BCUT2D eigenvalue weighted by Gasteiger charge is -2.22. The minimum absolute atomic E-state index is 0.160. The monoisotopic (exact) mass is 195 g/mol. The molecule has 0 spiro atoms. The Bertz CT molecular complexity index is 199. The molecule has 0 aliphatic heterocycles. The van der Waals surface area contributed by atoms with Gasteiger partial charge >= 0.3 is 5.97 Å². The molecule has 0 aromatic rings. The molecule has 0 bridgehead atoms. The smallest absolute Gasteiger partial charge is 0.310 e. The number of ether oxygens (including phenoxy) is 1. The molecule has 0 rings (SSSR count). The first-order chi connectivity index (χ1) is 6.47. The van der Waals surface area contributed by atoms with Gasteiger partial charge in [0.25, 0.3) is 0 Å². The molecule has 0 aliphatic carbocycles. The van der Waals surface area contributed by atoms with Gasteiger partial charge in [0.2, 0.25) is 0 Å². The van der Waals surface area contributed by atoms with Gasteiger partial charge in [-0.2, -0.15) is 0 Å². The number of carbonyl (C=O) groups is 1. The lowest BCUT2D eigenvalue weighted by molar-refractivity contribution is -0.149. The number of hydrogen-bond donors (Lipinski definition) is 0. The van der Waals surface area contributed by atoms with E-state index in [1.54, 1.807) is 0 Å². The molecule has 1 radical (unpaired) electrons. The van der Waals surface area contributed by atoms with Crippen molar-refractivity contribution in [3.63, 3.8) is 0 Å². The van der Waals surface area contributed by atoms with Crippen molar-refractivity contribution in [1.29, 1.82) is 0 Å². The van der Waals surface area contributed by atoms with Gasteiger partial charge in [-0.15, -0.1) is 6.58 Å². The maximum Gasteiger partial charge on any atom is 0.310 e. The quantitative estimate of drug-likeness (QED) is 0.370. The van der Waals surface area contributed by atoms with Crippen molar-refractivity contribution >= 4 is 13.2 Å². The molecule has 0 heterocycles. The highest BCUT2D eigenvalue weighted by atomic mass is 16.5. The average molecular weight is 195 g/mol. The Balaban J connectivity index is 4.09. The molecule has 1 unspecified atom stereocenters. The van der Waals surface area contributed by atoms with Crippen molar-refractivity contribution in [2.75, 3.05) is 7.11 Å². The van der Waals surface area contributed by atoms with Crippen molar-refractivity contribution in [1.82, 2.24) is 0 Å². The summed E-state index contributed by atoms with van der Waals surface area (Å²) in [4.78, 5) is 11.4. The molecule has 0 N–H and O–H groups in total. The van der Waals surface area contributed by atoms with Gasteiger partial charge in [-0.3, -0.25) is 4.79 Å². The van der Waals surface area contributed by atoms with Gasteiger partial charge in [0, 0.05) is 0 Å². The topological polar surface area (TPSA) is 26.3 Å². The van der Waals surface area contributed by atoms with Gasteiger partial charge in [0.15, 0.2) is 0 Å². The fraction of sp³-hybridized carbons (Fsp3) is 0.727. The highest BCUT2D eigenvalue weighted by Gasteiger charge is 2.28. The van der Waals surface area contributed by atoms with Crippen LogP contribution in [0.3, 0.4) is 0 Å². The lowest BCUT2D eigenvalue weighted by atomic mass is 9.55. The molecule has 0 saturated heterocycles. The molecule has 0 aromatic carbocycles. The van der Waals surface area contributed by atoms with Crippen molar-refractivity contribution < 1.29 is 9.53 Å². The van der Waals surface area contributed by atoms with Crippen LogP contribution in [0.5, 0.6) is 0 Å². The number of hydrogen-bond acceptors (Lipinski definition) is 2. The third kappa shape index (κ3) is 3.99. The van der Waals surface area contributed by atoms with Crippen LogP contribution in [-0.4, -0.2) is 20.4 Å². The molecule has 1 atom stereocenters. The van der Waals surface area contributed by atoms with Crippen LogP contribution in [0.1, 0.15) is 27.2 Å². The largest absolute Gasteiger partial charge is 0.469 e. The molecular weight excluding hydrogens is 175 g/mol. The first kappa shape index (κ1) is 13.3. The minimum Gasteiger partial charge on any atom is -0.469 e. The summed E-state index contributed by atoms with van der Waals surface area (Å²) in [6.07, 6.45) is 3.66. The zero-order valence-electron chi connectivity index (χ0n) is 9.67. The molecule has 0 saturated carbocycles. The van der Waals surface area contributed by atoms with E-state index in [-0.39, 0.29) is 5.97 Å². The number of allylic oxidation sites excluding steroid dienone is 1. The van der Waals surface area contributed by atoms with Crippen LogP contribution in [-0.2, 0) is 9.53 Å². The summed E-state index contributed by atoms with van der Waals surface area (Å²) < 4.78 is 4.73. The SMILES string of the molecule is C=CC([B]CC(C)(C)C(=O)OC)CC. The van der Waals surface area contributed by atoms with Gasteiger partial charge in [-0.05, 0) is 0 Å². The summed E-state index contributed by atoms with van der Waals surface area (Å²) in [5.74, 6) is 0.228. The van der Waals surface area contributed by atoms with Crippen LogP contribution in [0.25, 0.3) is 0 Å². The maximum absolute atomic E-state index is 11.4. The second-order valence-corrected chi connectivity index (χ2v) is 4.12. The molecular formula is C11H20BO2. The summed E-state index contributed by atoms with van der Waals surface area (Å²) in [7, 11) is 3.55. The molecule has 0 amide bonds. The Labute approximate surface area is 88.0 Å². The standard InChI is InChI=1S/C11H20BO2/c1-6-9(7-2)12-8-11(3,4)10(13)14-5/h6,9H,1,7-8H2,2-5H3. The minimum atomic E-state index is -0.425. The lowest BCUT2D eigenvalue weighted by Crippen LogP contribution is -2.27. The van der Waals surface area contributed by atoms with E-state index in [2.05, 4.69) is 20.8 Å². The fourth-order valence-corrected chi connectivity index (χ4v) is 1.24. The number of carbonyl (C=O) groups excluding carboxylic acids is 1. The Morgan fingerprint density at radius 2 is 2.21 bits per heavy atom. The van der Waals surface area contributed by atoms with Crippen molar-refractivity contribution in [3.05, 3.63) is 12.7 Å². The first-order valence-corrected chi connectivity index (χ1v) is 5.02. The maximum atomic E-state index is 11.4. The van der Waals surface area contributed by atoms with Crippen LogP contribution in [0, 0.1) is 5.41 Å². The van der Waals surface area contributed by atoms with Gasteiger partial charge in [0.05, 0.1) is 12.5 Å². The second-order valence-electron chi connectivity index (χ2n) is 4.12. The molecule has 0 aromatic heterocycles. The third-order valence-corrected chi connectivity index (χ3v) is 2.44. The summed E-state index contributed by atoms with van der Waals surface area (Å²) in [6.45, 7) is 9.64. The molecule has 14 heavy (non-hydrogen) atoms. The van der Waals surface area contributed by atoms with Crippen molar-refractivity contribution in [2.24, 2.45) is 5.41 Å². The third-order valence-electron chi connectivity index (χ3n) is 2.44. The summed E-state index contributed by atoms with van der Waals surface area (Å²) in [5.41, 5.74) is -0.425. The van der Waals surface area contributed by atoms with Crippen LogP contribution in [0.15, 0.2) is 12.7 Å². The van der Waals surface area contributed by atoms with E-state index in [1.165, 1.54) is 7.11 Å². The zero-order chi connectivity index (χ0) is 11.2. The van der Waals surface area contributed by atoms with E-state index in [1.807, 2.05) is 19.9 Å². The Hall–Kier alpha value is -0.725. The predicted molar refractivity (Wildman–Crippen MR) is 60.6 cm³/mol. The van der Waals surface area contributed by atoms with Gasteiger partial charge < -0.3 is 4.74 Å². The number of esters is 1. The van der Waals surface area contributed by atoms with Gasteiger partial charge in [-0.25, -0.2) is 0 Å². The van der Waals surface area contributed by atoms with E-state index in [4.69, 9.17) is 4.74 Å². The Morgan fingerprint density at radius 1 is 1.64 bits per heavy atom. The van der Waals surface area contributed by atoms with Gasteiger partial charge in [0.1, 0.15) is 7.28 Å².